The van der Waals surface area contributed by atoms with Crippen LogP contribution in [0.25, 0.3) is 22.8 Å². The number of rotatable bonds is 4. The maximum Gasteiger partial charge on any atom is 0.422 e. The lowest BCUT2D eigenvalue weighted by Crippen LogP contribution is -2.19. The summed E-state index contributed by atoms with van der Waals surface area (Å²) in [6, 6.07) is 8.98. The van der Waals surface area contributed by atoms with Crippen LogP contribution in [0.15, 0.2) is 40.9 Å². The number of benzene rings is 2. The highest BCUT2D eigenvalue weighted by Crippen LogP contribution is 2.32. The van der Waals surface area contributed by atoms with Crippen molar-refractivity contribution in [1.29, 1.82) is 0 Å². The smallest absolute Gasteiger partial charge is 0.422 e. The molecule has 0 unspecified atom stereocenters. The molecule has 0 bridgehead atoms. The topological polar surface area (TPSA) is 68.4 Å². The first-order valence-corrected chi connectivity index (χ1v) is 8.51. The van der Waals surface area contributed by atoms with Crippen LogP contribution in [0.5, 0.6) is 11.5 Å². The Morgan fingerprint density at radius 3 is 2.54 bits per heavy atom. The predicted octanol–water partition coefficient (Wildman–Crippen LogP) is 5.31. The number of nitrogens with zero attached hydrogens (tertiary/aromatic N) is 2. The highest BCUT2D eigenvalue weighted by molar-refractivity contribution is 14.1. The van der Waals surface area contributed by atoms with Crippen molar-refractivity contribution in [1.82, 2.24) is 10.1 Å². The molecule has 0 radical (unpaired) electrons. The molecule has 0 aliphatic heterocycles. The number of aromatic hydroxyl groups is 1. The molecule has 5 nitrogen and oxygen atoms in total. The summed E-state index contributed by atoms with van der Waals surface area (Å²) in [5.41, 5.74) is 1.07. The van der Waals surface area contributed by atoms with Crippen molar-refractivity contribution < 1.29 is 27.5 Å². The minimum atomic E-state index is -4.45. The van der Waals surface area contributed by atoms with Gasteiger partial charge in [0.05, 0.1) is 8.59 Å². The second kappa shape index (κ2) is 7.31. The van der Waals surface area contributed by atoms with Gasteiger partial charge in [0.25, 0.3) is 5.89 Å². The molecule has 0 aliphatic carbocycles. The summed E-state index contributed by atoms with van der Waals surface area (Å²) in [4.78, 5) is 4.24. The first-order chi connectivity index (χ1) is 12.2. The van der Waals surface area contributed by atoms with Gasteiger partial charge in [0.15, 0.2) is 6.61 Å². The number of alkyl halides is 3. The average molecular weight is 497 g/mol. The van der Waals surface area contributed by atoms with E-state index < -0.39 is 12.8 Å². The van der Waals surface area contributed by atoms with Gasteiger partial charge in [0.2, 0.25) is 5.82 Å². The summed E-state index contributed by atoms with van der Waals surface area (Å²) < 4.78 is 47.1. The quantitative estimate of drug-likeness (QED) is 0.496. The number of aromatic nitrogens is 2. The molecular weight excluding hydrogens is 488 g/mol. The molecule has 0 aliphatic rings. The maximum atomic E-state index is 12.2. The third-order valence-corrected chi connectivity index (χ3v) is 4.36. The van der Waals surface area contributed by atoms with E-state index in [4.69, 9.17) is 16.1 Å². The van der Waals surface area contributed by atoms with Crippen molar-refractivity contribution in [2.75, 3.05) is 6.61 Å². The van der Waals surface area contributed by atoms with Gasteiger partial charge in [-0.3, -0.25) is 0 Å². The standard InChI is InChI=1S/C16H9ClF3IN2O3/c17-10-5-9(2-4-13(10)25-7-16(18,19)20)15-22-14(23-26-15)8-1-3-12(24)11(21)6-8/h1-6,24H,7H2. The molecule has 26 heavy (non-hydrogen) atoms. The molecule has 10 heteroatoms. The number of ether oxygens (including phenoxy) is 1. The van der Waals surface area contributed by atoms with Gasteiger partial charge in [-0.1, -0.05) is 16.8 Å². The summed E-state index contributed by atoms with van der Waals surface area (Å²) in [6.45, 7) is -1.43. The summed E-state index contributed by atoms with van der Waals surface area (Å²) in [6.07, 6.45) is -4.45. The van der Waals surface area contributed by atoms with Gasteiger partial charge in [0.1, 0.15) is 11.5 Å². The Kier molecular flexibility index (Phi) is 5.28. The van der Waals surface area contributed by atoms with Crippen molar-refractivity contribution in [3.63, 3.8) is 0 Å². The molecule has 0 fully saturated rings. The molecule has 0 saturated carbocycles. The predicted molar refractivity (Wildman–Crippen MR) is 96.1 cm³/mol. The summed E-state index contributed by atoms with van der Waals surface area (Å²) in [5, 5.41) is 13.4. The molecule has 3 aromatic rings. The highest BCUT2D eigenvalue weighted by atomic mass is 127. The van der Waals surface area contributed by atoms with Gasteiger partial charge in [-0.2, -0.15) is 18.2 Å². The monoisotopic (exact) mass is 496 g/mol. The zero-order valence-electron chi connectivity index (χ0n) is 12.7. The van der Waals surface area contributed by atoms with Crippen LogP contribution in [0.4, 0.5) is 13.2 Å². The van der Waals surface area contributed by atoms with Gasteiger partial charge in [-0.05, 0) is 59.0 Å². The molecule has 3 rings (SSSR count). The van der Waals surface area contributed by atoms with Crippen molar-refractivity contribution >= 4 is 34.2 Å². The normalized spacial score (nSPS) is 11.6. The molecule has 0 atom stereocenters. The Hall–Kier alpha value is -2.01. The zero-order chi connectivity index (χ0) is 18.9. The minimum Gasteiger partial charge on any atom is -0.507 e. The van der Waals surface area contributed by atoms with E-state index in [2.05, 4.69) is 14.9 Å². The number of hydrogen-bond acceptors (Lipinski definition) is 5. The van der Waals surface area contributed by atoms with Crippen LogP contribution >= 0.6 is 34.2 Å². The second-order valence-corrected chi connectivity index (χ2v) is 6.71. The van der Waals surface area contributed by atoms with Crippen LogP contribution < -0.4 is 4.74 Å². The molecule has 0 spiro atoms. The number of hydrogen-bond donors (Lipinski definition) is 1. The second-order valence-electron chi connectivity index (χ2n) is 5.14. The van der Waals surface area contributed by atoms with Crippen molar-refractivity contribution in [3.05, 3.63) is 45.0 Å². The van der Waals surface area contributed by atoms with Gasteiger partial charge in [-0.15, -0.1) is 0 Å². The van der Waals surface area contributed by atoms with E-state index >= 15 is 0 Å². The van der Waals surface area contributed by atoms with Gasteiger partial charge < -0.3 is 14.4 Å². The Morgan fingerprint density at radius 2 is 1.88 bits per heavy atom. The molecular formula is C16H9ClF3IN2O3. The first-order valence-electron chi connectivity index (χ1n) is 7.05. The third kappa shape index (κ3) is 4.39. The van der Waals surface area contributed by atoms with E-state index in [1.54, 1.807) is 12.1 Å². The summed E-state index contributed by atoms with van der Waals surface area (Å²) in [5.74, 6) is 0.485. The van der Waals surface area contributed by atoms with Crippen molar-refractivity contribution in [2.45, 2.75) is 6.18 Å². The molecule has 136 valence electrons. The molecule has 2 aromatic carbocycles. The lowest BCUT2D eigenvalue weighted by Gasteiger charge is -2.10. The lowest BCUT2D eigenvalue weighted by molar-refractivity contribution is -0.153. The number of halogens is 5. The van der Waals surface area contributed by atoms with Gasteiger partial charge >= 0.3 is 6.18 Å². The fourth-order valence-corrected chi connectivity index (χ4v) is 2.76. The van der Waals surface area contributed by atoms with E-state index in [1.165, 1.54) is 24.3 Å². The van der Waals surface area contributed by atoms with Crippen LogP contribution in [0.1, 0.15) is 0 Å². The highest BCUT2D eigenvalue weighted by Gasteiger charge is 2.28. The van der Waals surface area contributed by atoms with E-state index in [1.807, 2.05) is 22.6 Å². The van der Waals surface area contributed by atoms with Gasteiger partial charge in [-0.25, -0.2) is 0 Å². The fourth-order valence-electron chi connectivity index (χ4n) is 2.01. The Morgan fingerprint density at radius 1 is 1.15 bits per heavy atom. The maximum absolute atomic E-state index is 12.2. The van der Waals surface area contributed by atoms with E-state index in [9.17, 15) is 18.3 Å². The fraction of sp³-hybridized carbons (Fsp3) is 0.125. The Labute approximate surface area is 163 Å². The number of phenolic OH excluding ortho intramolecular Hbond substituents is 1. The lowest BCUT2D eigenvalue weighted by atomic mass is 10.2. The molecule has 1 N–H and O–H groups in total. The SMILES string of the molecule is Oc1ccc(-c2noc(-c3ccc(OCC(F)(F)F)c(Cl)c3)n2)cc1I. The van der Waals surface area contributed by atoms with Crippen molar-refractivity contribution in [3.8, 4) is 34.3 Å². The van der Waals surface area contributed by atoms with Crippen LogP contribution in [-0.4, -0.2) is 28.0 Å². The molecule has 0 amide bonds. The zero-order valence-corrected chi connectivity index (χ0v) is 15.6. The van der Waals surface area contributed by atoms with E-state index in [0.717, 1.165) is 0 Å². The molecule has 1 heterocycles. The van der Waals surface area contributed by atoms with Crippen LogP contribution in [0.3, 0.4) is 0 Å². The minimum absolute atomic E-state index is 0.00863. The first kappa shape index (κ1) is 18.8. The Balaban J connectivity index is 1.83. The summed E-state index contributed by atoms with van der Waals surface area (Å²) in [7, 11) is 0. The Bertz CT molecular complexity index is 947. The van der Waals surface area contributed by atoms with Gasteiger partial charge in [0, 0.05) is 11.1 Å². The molecule has 1 aromatic heterocycles. The van der Waals surface area contributed by atoms with E-state index in [-0.39, 0.29) is 22.4 Å². The van der Waals surface area contributed by atoms with E-state index in [0.29, 0.717) is 20.5 Å². The average Bonchev–Trinajstić information content (AvgIpc) is 3.05. The third-order valence-electron chi connectivity index (χ3n) is 3.20. The van der Waals surface area contributed by atoms with Crippen LogP contribution in [0.2, 0.25) is 5.02 Å². The van der Waals surface area contributed by atoms with Crippen LogP contribution in [0, 0.1) is 3.57 Å². The summed E-state index contributed by atoms with van der Waals surface area (Å²) >= 11 is 7.93. The largest absolute Gasteiger partial charge is 0.507 e. The molecule has 0 saturated heterocycles. The van der Waals surface area contributed by atoms with Crippen LogP contribution in [-0.2, 0) is 0 Å². The van der Waals surface area contributed by atoms with Crippen molar-refractivity contribution in [2.24, 2.45) is 0 Å². The number of phenols is 1.